The third kappa shape index (κ3) is 2.61. The highest BCUT2D eigenvalue weighted by Gasteiger charge is 2.14. The lowest BCUT2D eigenvalue weighted by atomic mass is 10.1. The van der Waals surface area contributed by atoms with E-state index in [-0.39, 0.29) is 11.3 Å². The molecule has 0 bridgehead atoms. The predicted molar refractivity (Wildman–Crippen MR) is 74.6 cm³/mol. The van der Waals surface area contributed by atoms with Gasteiger partial charge in [0.15, 0.2) is 0 Å². The summed E-state index contributed by atoms with van der Waals surface area (Å²) in [4.78, 5) is 12.1. The molecule has 0 aliphatic heterocycles. The summed E-state index contributed by atoms with van der Waals surface area (Å²) in [6.45, 7) is 3.14. The van der Waals surface area contributed by atoms with Crippen LogP contribution in [0.2, 0.25) is 0 Å². The predicted octanol–water partition coefficient (Wildman–Crippen LogP) is 3.42. The second-order valence-corrected chi connectivity index (χ2v) is 4.56. The first kappa shape index (κ1) is 14.0. The summed E-state index contributed by atoms with van der Waals surface area (Å²) in [5, 5.41) is 2.35. The topological polar surface area (TPSA) is 55.1 Å². The van der Waals surface area contributed by atoms with Crippen molar-refractivity contribution in [2.24, 2.45) is 0 Å². The number of benzene rings is 2. The normalized spacial score (nSPS) is 10.4. The molecule has 0 spiro atoms. The second-order valence-electron chi connectivity index (χ2n) is 4.56. The number of hydrogen-bond acceptors (Lipinski definition) is 2. The monoisotopic (exact) mass is 276 g/mol. The molecule has 0 radical (unpaired) electrons. The van der Waals surface area contributed by atoms with Crippen molar-refractivity contribution in [2.45, 2.75) is 13.8 Å². The molecule has 2 aromatic rings. The quantitative estimate of drug-likeness (QED) is 0.826. The molecule has 0 heterocycles. The average molecular weight is 276 g/mol. The zero-order valence-electron chi connectivity index (χ0n) is 11.1. The Kier molecular flexibility index (Phi) is 3.70. The van der Waals surface area contributed by atoms with E-state index in [9.17, 15) is 13.6 Å². The number of nitrogens with one attached hydrogen (secondary N) is 1. The summed E-state index contributed by atoms with van der Waals surface area (Å²) < 4.78 is 27.1. The molecule has 0 aromatic heterocycles. The van der Waals surface area contributed by atoms with Crippen LogP contribution in [0.3, 0.4) is 0 Å². The lowest BCUT2D eigenvalue weighted by Crippen LogP contribution is -2.15. The van der Waals surface area contributed by atoms with Crippen LogP contribution in [0, 0.1) is 25.5 Å². The van der Waals surface area contributed by atoms with Crippen LogP contribution in [-0.4, -0.2) is 5.91 Å². The zero-order chi connectivity index (χ0) is 14.9. The number of halogens is 2. The third-order valence-corrected chi connectivity index (χ3v) is 3.12. The standard InChI is InChI=1S/C15H14F2N2O/c1-8-6-12(17)14(7-11(8)16)19-15(20)10-4-3-5-13(18)9(10)2/h3-7H,18H2,1-2H3,(H,19,20). The van der Waals surface area contributed by atoms with Crippen LogP contribution in [0.15, 0.2) is 30.3 Å². The van der Waals surface area contributed by atoms with E-state index < -0.39 is 17.5 Å². The van der Waals surface area contributed by atoms with Crippen molar-refractivity contribution in [2.75, 3.05) is 11.1 Å². The van der Waals surface area contributed by atoms with Crippen molar-refractivity contribution in [3.63, 3.8) is 0 Å². The number of anilines is 2. The maximum Gasteiger partial charge on any atom is 0.256 e. The van der Waals surface area contributed by atoms with Crippen molar-refractivity contribution in [3.8, 4) is 0 Å². The number of aryl methyl sites for hydroxylation is 1. The SMILES string of the molecule is Cc1cc(F)c(NC(=O)c2cccc(N)c2C)cc1F. The third-order valence-electron chi connectivity index (χ3n) is 3.12. The van der Waals surface area contributed by atoms with E-state index in [1.165, 1.54) is 6.92 Å². The first-order valence-corrected chi connectivity index (χ1v) is 6.02. The minimum absolute atomic E-state index is 0.181. The summed E-state index contributed by atoms with van der Waals surface area (Å²) in [6, 6.07) is 6.87. The van der Waals surface area contributed by atoms with Crippen LogP contribution in [0.4, 0.5) is 20.2 Å². The Labute approximate surface area is 115 Å². The molecule has 2 aromatic carbocycles. The van der Waals surface area contributed by atoms with Crippen molar-refractivity contribution < 1.29 is 13.6 Å². The highest BCUT2D eigenvalue weighted by atomic mass is 19.1. The molecular weight excluding hydrogens is 262 g/mol. The molecule has 0 aliphatic carbocycles. The summed E-state index contributed by atoms with van der Waals surface area (Å²) in [6.07, 6.45) is 0. The summed E-state index contributed by atoms with van der Waals surface area (Å²) in [7, 11) is 0. The smallest absolute Gasteiger partial charge is 0.256 e. The summed E-state index contributed by atoms with van der Waals surface area (Å²) in [5.74, 6) is -1.79. The Balaban J connectivity index is 2.33. The van der Waals surface area contributed by atoms with E-state index in [1.54, 1.807) is 25.1 Å². The minimum atomic E-state index is -0.682. The van der Waals surface area contributed by atoms with Crippen molar-refractivity contribution >= 4 is 17.3 Å². The van der Waals surface area contributed by atoms with Crippen LogP contribution in [0.25, 0.3) is 0 Å². The molecule has 2 rings (SSSR count). The van der Waals surface area contributed by atoms with E-state index in [0.29, 0.717) is 16.8 Å². The molecule has 5 heteroatoms. The lowest BCUT2D eigenvalue weighted by Gasteiger charge is -2.10. The molecule has 20 heavy (non-hydrogen) atoms. The van der Waals surface area contributed by atoms with Crippen LogP contribution in [0.5, 0.6) is 0 Å². The fourth-order valence-corrected chi connectivity index (χ4v) is 1.83. The molecule has 0 aliphatic rings. The Hall–Kier alpha value is -2.43. The summed E-state index contributed by atoms with van der Waals surface area (Å²) in [5.41, 5.74) is 7.08. The number of hydrogen-bond donors (Lipinski definition) is 2. The molecule has 3 N–H and O–H groups in total. The average Bonchev–Trinajstić information content (AvgIpc) is 2.39. The van der Waals surface area contributed by atoms with E-state index >= 15 is 0 Å². The van der Waals surface area contributed by atoms with Gasteiger partial charge in [0, 0.05) is 17.3 Å². The van der Waals surface area contributed by atoms with Crippen LogP contribution < -0.4 is 11.1 Å². The van der Waals surface area contributed by atoms with Gasteiger partial charge in [-0.1, -0.05) is 6.07 Å². The van der Waals surface area contributed by atoms with Gasteiger partial charge in [0.25, 0.3) is 5.91 Å². The van der Waals surface area contributed by atoms with Gasteiger partial charge in [-0.3, -0.25) is 4.79 Å². The highest BCUT2D eigenvalue weighted by Crippen LogP contribution is 2.21. The molecule has 0 unspecified atom stereocenters. The second kappa shape index (κ2) is 5.28. The van der Waals surface area contributed by atoms with Gasteiger partial charge in [-0.2, -0.15) is 0 Å². The Morgan fingerprint density at radius 2 is 1.85 bits per heavy atom. The lowest BCUT2D eigenvalue weighted by molar-refractivity contribution is 0.102. The zero-order valence-corrected chi connectivity index (χ0v) is 11.1. The van der Waals surface area contributed by atoms with E-state index in [2.05, 4.69) is 5.32 Å². The molecule has 104 valence electrons. The minimum Gasteiger partial charge on any atom is -0.398 e. The number of nitrogen functional groups attached to an aromatic ring is 1. The Bertz CT molecular complexity index is 684. The van der Waals surface area contributed by atoms with Gasteiger partial charge < -0.3 is 11.1 Å². The van der Waals surface area contributed by atoms with Gasteiger partial charge in [0.05, 0.1) is 5.69 Å². The number of nitrogens with two attached hydrogens (primary N) is 1. The molecule has 0 atom stereocenters. The van der Waals surface area contributed by atoms with Crippen molar-refractivity contribution in [3.05, 3.63) is 58.7 Å². The molecular formula is C15H14F2N2O. The van der Waals surface area contributed by atoms with Gasteiger partial charge in [0.2, 0.25) is 0 Å². The van der Waals surface area contributed by atoms with Crippen molar-refractivity contribution in [1.29, 1.82) is 0 Å². The molecule has 0 saturated heterocycles. The van der Waals surface area contributed by atoms with Gasteiger partial charge >= 0.3 is 0 Å². The first-order valence-electron chi connectivity index (χ1n) is 6.02. The van der Waals surface area contributed by atoms with Gasteiger partial charge in [0.1, 0.15) is 11.6 Å². The number of carbonyl (C=O) groups is 1. The van der Waals surface area contributed by atoms with Crippen LogP contribution in [0.1, 0.15) is 21.5 Å². The number of carbonyl (C=O) groups excluding carboxylic acids is 1. The van der Waals surface area contributed by atoms with Crippen molar-refractivity contribution in [1.82, 2.24) is 0 Å². The fourth-order valence-electron chi connectivity index (χ4n) is 1.83. The highest BCUT2D eigenvalue weighted by molar-refractivity contribution is 6.06. The van der Waals surface area contributed by atoms with E-state index in [1.807, 2.05) is 0 Å². The van der Waals surface area contributed by atoms with E-state index in [0.717, 1.165) is 12.1 Å². The van der Waals surface area contributed by atoms with Gasteiger partial charge in [-0.15, -0.1) is 0 Å². The summed E-state index contributed by atoms with van der Waals surface area (Å²) >= 11 is 0. The number of rotatable bonds is 2. The molecule has 0 fully saturated rings. The maximum atomic E-state index is 13.7. The fraction of sp³-hybridized carbons (Fsp3) is 0.133. The number of amides is 1. The van der Waals surface area contributed by atoms with Gasteiger partial charge in [-0.25, -0.2) is 8.78 Å². The maximum absolute atomic E-state index is 13.7. The molecule has 3 nitrogen and oxygen atoms in total. The Morgan fingerprint density at radius 3 is 2.55 bits per heavy atom. The molecule has 0 saturated carbocycles. The Morgan fingerprint density at radius 1 is 1.15 bits per heavy atom. The van der Waals surface area contributed by atoms with Crippen LogP contribution >= 0.6 is 0 Å². The van der Waals surface area contributed by atoms with E-state index in [4.69, 9.17) is 5.73 Å². The molecule has 1 amide bonds. The largest absolute Gasteiger partial charge is 0.398 e. The van der Waals surface area contributed by atoms with Crippen LogP contribution in [-0.2, 0) is 0 Å². The van der Waals surface area contributed by atoms with Gasteiger partial charge in [-0.05, 0) is 43.2 Å². The first-order chi connectivity index (χ1) is 9.40.